The first kappa shape index (κ1) is 10.9. The average Bonchev–Trinajstić information content (AvgIpc) is 2.15. The zero-order valence-corrected chi connectivity index (χ0v) is 9.94. The first-order chi connectivity index (χ1) is 6.27. The van der Waals surface area contributed by atoms with Crippen molar-refractivity contribution in [1.82, 2.24) is 4.98 Å². The first-order valence-electron chi connectivity index (χ1n) is 4.07. The summed E-state index contributed by atoms with van der Waals surface area (Å²) in [6.45, 7) is 0. The van der Waals surface area contributed by atoms with Crippen LogP contribution in [0.3, 0.4) is 0 Å². The molecule has 0 saturated carbocycles. The van der Waals surface area contributed by atoms with Crippen molar-refractivity contribution in [3.05, 3.63) is 22.3 Å². The summed E-state index contributed by atoms with van der Waals surface area (Å²) in [6, 6.07) is 2.04. The third-order valence-corrected chi connectivity index (χ3v) is 2.44. The summed E-state index contributed by atoms with van der Waals surface area (Å²) < 4.78 is 6.13. The van der Waals surface area contributed by atoms with Crippen molar-refractivity contribution >= 4 is 28.6 Å². The van der Waals surface area contributed by atoms with Gasteiger partial charge in [-0.2, -0.15) is 12.6 Å². The van der Waals surface area contributed by atoms with Gasteiger partial charge in [-0.3, -0.25) is 0 Å². The molecular weight excluding hydrogens is 250 g/mol. The van der Waals surface area contributed by atoms with E-state index in [2.05, 4.69) is 33.5 Å². The maximum Gasteiger partial charge on any atom is 0.216 e. The molecule has 2 nitrogen and oxygen atoms in total. The highest BCUT2D eigenvalue weighted by molar-refractivity contribution is 9.10. The van der Waals surface area contributed by atoms with E-state index in [1.807, 2.05) is 6.07 Å². The van der Waals surface area contributed by atoms with Gasteiger partial charge >= 0.3 is 0 Å². The van der Waals surface area contributed by atoms with Gasteiger partial charge in [0.25, 0.3) is 0 Å². The summed E-state index contributed by atoms with van der Waals surface area (Å²) in [5.74, 6) is 1.60. The molecule has 0 unspecified atom stereocenters. The summed E-state index contributed by atoms with van der Waals surface area (Å²) in [6.07, 6.45) is 3.74. The van der Waals surface area contributed by atoms with Crippen LogP contribution in [-0.4, -0.2) is 17.8 Å². The Labute approximate surface area is 92.2 Å². The zero-order valence-electron chi connectivity index (χ0n) is 7.46. The molecule has 1 aromatic rings. The van der Waals surface area contributed by atoms with Crippen LogP contribution >= 0.6 is 28.6 Å². The molecule has 72 valence electrons. The van der Waals surface area contributed by atoms with Crippen LogP contribution in [0, 0.1) is 0 Å². The van der Waals surface area contributed by atoms with E-state index in [1.54, 1.807) is 13.3 Å². The van der Waals surface area contributed by atoms with Gasteiger partial charge < -0.3 is 4.74 Å². The Morgan fingerprint density at radius 2 is 2.38 bits per heavy atom. The molecule has 13 heavy (non-hydrogen) atoms. The van der Waals surface area contributed by atoms with Crippen molar-refractivity contribution in [1.29, 1.82) is 0 Å². The molecule has 0 bridgehead atoms. The van der Waals surface area contributed by atoms with Gasteiger partial charge in [-0.15, -0.1) is 0 Å². The van der Waals surface area contributed by atoms with Crippen molar-refractivity contribution < 1.29 is 4.74 Å². The lowest BCUT2D eigenvalue weighted by Gasteiger charge is -2.06. The van der Waals surface area contributed by atoms with Crippen LogP contribution < -0.4 is 4.74 Å². The molecule has 0 aliphatic carbocycles. The maximum atomic E-state index is 5.14. The molecule has 0 spiro atoms. The van der Waals surface area contributed by atoms with Gasteiger partial charge in [-0.1, -0.05) is 0 Å². The van der Waals surface area contributed by atoms with Crippen LogP contribution in [0.1, 0.15) is 12.0 Å². The van der Waals surface area contributed by atoms with Crippen molar-refractivity contribution in [2.45, 2.75) is 12.8 Å². The Morgan fingerprint density at radius 3 is 3.00 bits per heavy atom. The Kier molecular flexibility index (Phi) is 4.59. The van der Waals surface area contributed by atoms with E-state index in [-0.39, 0.29) is 0 Å². The first-order valence-corrected chi connectivity index (χ1v) is 5.49. The highest BCUT2D eigenvalue weighted by atomic mass is 79.9. The number of pyridine rings is 1. The minimum Gasteiger partial charge on any atom is -0.481 e. The molecular formula is C9H12BrNOS. The van der Waals surface area contributed by atoms with Crippen LogP contribution in [0.25, 0.3) is 0 Å². The van der Waals surface area contributed by atoms with E-state index in [9.17, 15) is 0 Å². The van der Waals surface area contributed by atoms with Crippen LogP contribution in [0.2, 0.25) is 0 Å². The van der Waals surface area contributed by atoms with Crippen LogP contribution in [0.15, 0.2) is 16.7 Å². The summed E-state index contributed by atoms with van der Waals surface area (Å²) >= 11 is 7.55. The molecule has 0 atom stereocenters. The third-order valence-electron chi connectivity index (χ3n) is 1.69. The van der Waals surface area contributed by atoms with Crippen LogP contribution in [0.5, 0.6) is 5.88 Å². The number of rotatable bonds is 4. The lowest BCUT2D eigenvalue weighted by Crippen LogP contribution is -1.95. The highest BCUT2D eigenvalue weighted by Gasteiger charge is 2.03. The number of halogens is 1. The smallest absolute Gasteiger partial charge is 0.216 e. The lowest BCUT2D eigenvalue weighted by atomic mass is 10.1. The third kappa shape index (κ3) is 3.19. The summed E-state index contributed by atoms with van der Waals surface area (Å²) in [4.78, 5) is 4.16. The molecule has 0 amide bonds. The summed E-state index contributed by atoms with van der Waals surface area (Å²) in [5.41, 5.74) is 1.13. The second kappa shape index (κ2) is 5.50. The van der Waals surface area contributed by atoms with E-state index < -0.39 is 0 Å². The van der Waals surface area contributed by atoms with Gasteiger partial charge in [0, 0.05) is 16.2 Å². The molecule has 0 fully saturated rings. The van der Waals surface area contributed by atoms with E-state index in [0.29, 0.717) is 5.88 Å². The van der Waals surface area contributed by atoms with E-state index >= 15 is 0 Å². The normalized spacial score (nSPS) is 10.1. The standard InChI is InChI=1S/C9H12BrNOS/c1-12-9-7(3-2-4-13)5-8(10)6-11-9/h5-6,13H,2-4H2,1H3. The number of aromatic nitrogens is 1. The van der Waals surface area contributed by atoms with Crippen molar-refractivity contribution in [3.8, 4) is 5.88 Å². The monoisotopic (exact) mass is 261 g/mol. The molecule has 0 aromatic carbocycles. The quantitative estimate of drug-likeness (QED) is 0.843. The molecule has 1 heterocycles. The van der Waals surface area contributed by atoms with Gasteiger partial charge in [0.05, 0.1) is 7.11 Å². The second-order valence-electron chi connectivity index (χ2n) is 2.65. The fourth-order valence-electron chi connectivity index (χ4n) is 1.10. The SMILES string of the molecule is COc1ncc(Br)cc1CCCS. The number of thiol groups is 1. The fourth-order valence-corrected chi connectivity index (χ4v) is 1.64. The highest BCUT2D eigenvalue weighted by Crippen LogP contribution is 2.20. The minimum absolute atomic E-state index is 0.713. The van der Waals surface area contributed by atoms with Crippen molar-refractivity contribution in [2.75, 3.05) is 12.9 Å². The summed E-state index contributed by atoms with van der Waals surface area (Å²) in [5, 5.41) is 0. The predicted molar refractivity (Wildman–Crippen MR) is 60.7 cm³/mol. The van der Waals surface area contributed by atoms with E-state index in [0.717, 1.165) is 28.6 Å². The van der Waals surface area contributed by atoms with Gasteiger partial charge in [0.2, 0.25) is 5.88 Å². The average molecular weight is 262 g/mol. The Balaban J connectivity index is 2.81. The molecule has 0 aliphatic heterocycles. The van der Waals surface area contributed by atoms with E-state index in [1.165, 1.54) is 0 Å². The molecule has 1 aromatic heterocycles. The number of ether oxygens (including phenoxy) is 1. The maximum absolute atomic E-state index is 5.14. The Hall–Kier alpha value is -0.220. The molecule has 0 N–H and O–H groups in total. The topological polar surface area (TPSA) is 22.1 Å². The van der Waals surface area contributed by atoms with E-state index in [4.69, 9.17) is 4.74 Å². The van der Waals surface area contributed by atoms with Gasteiger partial charge in [0.1, 0.15) is 0 Å². The number of hydrogen-bond acceptors (Lipinski definition) is 3. The van der Waals surface area contributed by atoms with Gasteiger partial charge in [-0.05, 0) is 40.6 Å². The second-order valence-corrected chi connectivity index (χ2v) is 4.01. The molecule has 0 radical (unpaired) electrons. The number of hydrogen-bond donors (Lipinski definition) is 1. The number of nitrogens with zero attached hydrogens (tertiary/aromatic N) is 1. The largest absolute Gasteiger partial charge is 0.481 e. The summed E-state index contributed by atoms with van der Waals surface area (Å²) in [7, 11) is 1.64. The van der Waals surface area contributed by atoms with Gasteiger partial charge in [0.15, 0.2) is 0 Å². The van der Waals surface area contributed by atoms with Crippen LogP contribution in [-0.2, 0) is 6.42 Å². The fraction of sp³-hybridized carbons (Fsp3) is 0.444. The number of methoxy groups -OCH3 is 1. The Bertz CT molecular complexity index is 280. The van der Waals surface area contributed by atoms with Crippen molar-refractivity contribution in [3.63, 3.8) is 0 Å². The lowest BCUT2D eigenvalue weighted by molar-refractivity contribution is 0.392. The van der Waals surface area contributed by atoms with Gasteiger partial charge in [-0.25, -0.2) is 4.98 Å². The minimum atomic E-state index is 0.713. The predicted octanol–water partition coefficient (Wildman–Crippen LogP) is 2.72. The molecule has 0 aliphatic rings. The zero-order chi connectivity index (χ0) is 9.68. The van der Waals surface area contributed by atoms with Crippen molar-refractivity contribution in [2.24, 2.45) is 0 Å². The number of aryl methyl sites for hydroxylation is 1. The molecule has 4 heteroatoms. The van der Waals surface area contributed by atoms with Crippen LogP contribution in [0.4, 0.5) is 0 Å². The Morgan fingerprint density at radius 1 is 1.62 bits per heavy atom. The molecule has 0 saturated heterocycles. The molecule has 1 rings (SSSR count).